The highest BCUT2D eigenvalue weighted by molar-refractivity contribution is 5.94. The molecule has 1 aliphatic rings. The molecule has 1 heterocycles. The van der Waals surface area contributed by atoms with E-state index in [0.29, 0.717) is 19.5 Å². The van der Waals surface area contributed by atoms with Gasteiger partial charge in [0, 0.05) is 25.9 Å². The minimum atomic E-state index is -5.08. The van der Waals surface area contributed by atoms with E-state index in [-0.39, 0.29) is 38.0 Å². The molecule has 3 rings (SSSR count). The normalized spacial score (nSPS) is 14.7. The summed E-state index contributed by atoms with van der Waals surface area (Å²) in [5.41, 5.74) is 16.2. The number of carbonyl (C=O) groups excluding carboxylic acids is 3. The van der Waals surface area contributed by atoms with Gasteiger partial charge in [0.1, 0.15) is 17.8 Å². The van der Waals surface area contributed by atoms with Gasteiger partial charge in [-0.05, 0) is 86.0 Å². The molecule has 56 heavy (non-hydrogen) atoms. The summed E-state index contributed by atoms with van der Waals surface area (Å²) in [4.78, 5) is 71.0. The van der Waals surface area contributed by atoms with Crippen LogP contribution < -0.4 is 22.1 Å². The van der Waals surface area contributed by atoms with Crippen LogP contribution in [0, 0.1) is 13.8 Å². The molecule has 0 fully saturated rings. The number of rotatable bonds is 14. The number of alkyl halides is 6. The predicted octanol–water partition coefficient (Wildman–Crippen LogP) is 2.69. The van der Waals surface area contributed by atoms with Crippen molar-refractivity contribution in [2.45, 2.75) is 95.8 Å². The third kappa shape index (κ3) is 16.5. The molecule has 15 nitrogen and oxygen atoms in total. The third-order valence-corrected chi connectivity index (χ3v) is 8.20. The standard InChI is InChI=1S/C31H43N5O6.2C2HF3O2/c1-19-14-23(37)15-20(2)24(19)17-25(33)31(42)36-18-22-9-5-4-8-21(22)16-27(36)30(41)35-26(10-11-28(38)39)29(40)34-13-7-3-6-12-32;2*3-2(4,5)1(6)7/h4-5,8-9,14-15,25-27,37H,3,6-7,10-13,16-18,32-33H2,1-2H3,(H,34,40)(H,35,41)(H,38,39);2*(H,6,7)/t25-,26-,27-;;/m0../s1. The summed E-state index contributed by atoms with van der Waals surface area (Å²) in [6.07, 6.45) is -7.74. The number of fused-ring (bicyclic) bond motifs is 1. The number of nitrogens with one attached hydrogen (secondary N) is 2. The zero-order chi connectivity index (χ0) is 43.0. The van der Waals surface area contributed by atoms with Crippen LogP contribution in [0.3, 0.4) is 0 Å². The smallest absolute Gasteiger partial charge is 0.490 e. The molecular weight excluding hydrogens is 764 g/mol. The van der Waals surface area contributed by atoms with Crippen molar-refractivity contribution in [3.63, 3.8) is 0 Å². The molecule has 3 atom stereocenters. The summed E-state index contributed by atoms with van der Waals surface area (Å²) in [6.45, 7) is 4.79. The number of carbonyl (C=O) groups is 6. The molecule has 2 aromatic rings. The molecule has 0 unspecified atom stereocenters. The number of phenolic OH excluding ortho intramolecular Hbond substituents is 1. The Labute approximate surface area is 317 Å². The lowest BCUT2D eigenvalue weighted by Crippen LogP contribution is -2.59. The number of hydrogen-bond acceptors (Lipinski definition) is 9. The largest absolute Gasteiger partial charge is 0.508 e. The van der Waals surface area contributed by atoms with Crippen molar-refractivity contribution in [2.75, 3.05) is 13.1 Å². The molecule has 1 aliphatic heterocycles. The third-order valence-electron chi connectivity index (χ3n) is 8.20. The van der Waals surface area contributed by atoms with E-state index in [9.17, 15) is 55.7 Å². The molecule has 0 saturated carbocycles. The number of aliphatic carboxylic acids is 3. The number of hydrogen-bond donors (Lipinski definition) is 8. The van der Waals surface area contributed by atoms with Gasteiger partial charge in [-0.1, -0.05) is 30.7 Å². The number of phenols is 1. The summed E-state index contributed by atoms with van der Waals surface area (Å²) < 4.78 is 63.5. The molecule has 10 N–H and O–H groups in total. The lowest BCUT2D eigenvalue weighted by Gasteiger charge is -2.38. The van der Waals surface area contributed by atoms with E-state index in [1.807, 2.05) is 38.1 Å². The van der Waals surface area contributed by atoms with Crippen LogP contribution in [0.4, 0.5) is 26.3 Å². The second-order valence-corrected chi connectivity index (χ2v) is 12.6. The number of benzene rings is 2. The highest BCUT2D eigenvalue weighted by atomic mass is 19.4. The van der Waals surface area contributed by atoms with Crippen molar-refractivity contribution < 1.29 is 75.5 Å². The Morgan fingerprint density at radius 1 is 0.875 bits per heavy atom. The van der Waals surface area contributed by atoms with Crippen molar-refractivity contribution in [1.82, 2.24) is 15.5 Å². The van der Waals surface area contributed by atoms with Gasteiger partial charge in [0.05, 0.1) is 6.04 Å². The average molecular weight is 810 g/mol. The van der Waals surface area contributed by atoms with E-state index in [4.69, 9.17) is 31.3 Å². The molecule has 21 heteroatoms. The molecule has 0 spiro atoms. The molecule has 0 radical (unpaired) electrons. The molecular formula is C35H45F6N5O10. The number of aromatic hydroxyl groups is 1. The maximum atomic E-state index is 13.8. The highest BCUT2D eigenvalue weighted by Gasteiger charge is 2.40. The fourth-order valence-corrected chi connectivity index (χ4v) is 5.39. The van der Waals surface area contributed by atoms with Crippen LogP contribution in [-0.4, -0.2) is 105 Å². The Balaban J connectivity index is 0.000000949. The predicted molar refractivity (Wildman–Crippen MR) is 186 cm³/mol. The number of amides is 3. The molecule has 0 aliphatic carbocycles. The zero-order valence-electron chi connectivity index (χ0n) is 30.4. The first-order valence-corrected chi connectivity index (χ1v) is 16.9. The van der Waals surface area contributed by atoms with Crippen LogP contribution in [0.2, 0.25) is 0 Å². The Bertz CT molecular complexity index is 1640. The van der Waals surface area contributed by atoms with E-state index >= 15 is 0 Å². The SMILES string of the molecule is Cc1cc(O)cc(C)c1C[C@H](N)C(=O)N1Cc2ccccc2C[C@H]1C(=O)N[C@@H](CCC(=O)O)C(=O)NCCCCCN.O=C(O)C(F)(F)F.O=C(O)C(F)(F)F. The van der Waals surface area contributed by atoms with E-state index in [1.54, 1.807) is 12.1 Å². The summed E-state index contributed by atoms with van der Waals surface area (Å²) in [7, 11) is 0. The molecule has 312 valence electrons. The minimum Gasteiger partial charge on any atom is -0.508 e. The van der Waals surface area contributed by atoms with Crippen LogP contribution in [0.15, 0.2) is 36.4 Å². The number of carboxylic acid groups (broad SMARTS) is 3. The highest BCUT2D eigenvalue weighted by Crippen LogP contribution is 2.26. The van der Waals surface area contributed by atoms with Crippen LogP contribution in [0.25, 0.3) is 0 Å². The average Bonchev–Trinajstić information content (AvgIpc) is 3.09. The van der Waals surface area contributed by atoms with Crippen molar-refractivity contribution >= 4 is 35.6 Å². The first-order chi connectivity index (χ1) is 25.9. The van der Waals surface area contributed by atoms with Crippen molar-refractivity contribution in [2.24, 2.45) is 11.5 Å². The monoisotopic (exact) mass is 809 g/mol. The number of aryl methyl sites for hydroxylation is 2. The van der Waals surface area contributed by atoms with E-state index in [1.165, 1.54) is 4.90 Å². The van der Waals surface area contributed by atoms with Gasteiger partial charge in [-0.15, -0.1) is 0 Å². The second-order valence-electron chi connectivity index (χ2n) is 12.6. The maximum absolute atomic E-state index is 13.8. The summed E-state index contributed by atoms with van der Waals surface area (Å²) in [5, 5.41) is 38.9. The molecule has 0 aromatic heterocycles. The molecule has 0 saturated heterocycles. The van der Waals surface area contributed by atoms with E-state index in [0.717, 1.165) is 40.7 Å². The topological polar surface area (TPSA) is 263 Å². The van der Waals surface area contributed by atoms with Crippen molar-refractivity contribution in [3.8, 4) is 5.75 Å². The fourth-order valence-electron chi connectivity index (χ4n) is 5.39. The number of nitrogens with two attached hydrogens (primary N) is 2. The lowest BCUT2D eigenvalue weighted by molar-refractivity contribution is -0.193. The van der Waals surface area contributed by atoms with Crippen molar-refractivity contribution in [1.29, 1.82) is 0 Å². The first kappa shape index (κ1) is 48.6. The Morgan fingerprint density at radius 2 is 1.39 bits per heavy atom. The van der Waals surface area contributed by atoms with Gasteiger partial charge in [-0.25, -0.2) is 9.59 Å². The molecule has 2 aromatic carbocycles. The van der Waals surface area contributed by atoms with Gasteiger partial charge in [-0.3, -0.25) is 19.2 Å². The summed E-state index contributed by atoms with van der Waals surface area (Å²) >= 11 is 0. The number of nitrogens with zero attached hydrogens (tertiary/aromatic N) is 1. The number of carboxylic acids is 3. The summed E-state index contributed by atoms with van der Waals surface area (Å²) in [6, 6.07) is 7.80. The minimum absolute atomic E-state index is 0.0914. The number of unbranched alkanes of at least 4 members (excludes halogenated alkanes) is 2. The molecule has 3 amide bonds. The van der Waals surface area contributed by atoms with E-state index < -0.39 is 66.1 Å². The Hall–Kier alpha value is -5.44. The quantitative estimate of drug-likeness (QED) is 0.101. The Kier molecular flexibility index (Phi) is 19.3. The first-order valence-electron chi connectivity index (χ1n) is 16.9. The van der Waals surface area contributed by atoms with Gasteiger partial charge in [0.2, 0.25) is 17.7 Å². The van der Waals surface area contributed by atoms with Crippen LogP contribution >= 0.6 is 0 Å². The lowest BCUT2D eigenvalue weighted by atomic mass is 9.91. The van der Waals surface area contributed by atoms with E-state index in [2.05, 4.69) is 10.6 Å². The Morgan fingerprint density at radius 3 is 1.88 bits per heavy atom. The molecule has 0 bridgehead atoms. The van der Waals surface area contributed by atoms with Gasteiger partial charge < -0.3 is 47.4 Å². The number of halogens is 6. The van der Waals surface area contributed by atoms with Crippen LogP contribution in [-0.2, 0) is 48.2 Å². The van der Waals surface area contributed by atoms with Gasteiger partial charge in [-0.2, -0.15) is 26.3 Å². The zero-order valence-corrected chi connectivity index (χ0v) is 30.4. The van der Waals surface area contributed by atoms with Gasteiger partial charge in [0.25, 0.3) is 0 Å². The summed E-state index contributed by atoms with van der Waals surface area (Å²) in [5.74, 6) is -7.89. The van der Waals surface area contributed by atoms with Crippen molar-refractivity contribution in [3.05, 3.63) is 64.2 Å². The van der Waals surface area contributed by atoms with Crippen LogP contribution in [0.1, 0.15) is 59.9 Å². The second kappa shape index (κ2) is 22.2. The van der Waals surface area contributed by atoms with Crippen LogP contribution in [0.5, 0.6) is 5.75 Å². The maximum Gasteiger partial charge on any atom is 0.490 e. The van der Waals surface area contributed by atoms with Gasteiger partial charge >= 0.3 is 30.3 Å². The van der Waals surface area contributed by atoms with Gasteiger partial charge in [0.15, 0.2) is 0 Å². The fraction of sp³-hybridized carbons (Fsp3) is 0.486.